The molecular weight excluding hydrogens is 222 g/mol. The van der Waals surface area contributed by atoms with E-state index < -0.39 is 13.3 Å². The maximum atomic E-state index is 12.4. The molecule has 0 aromatic carbocycles. The number of halogens is 2. The van der Waals surface area contributed by atoms with E-state index in [0.29, 0.717) is 19.4 Å². The summed E-state index contributed by atoms with van der Waals surface area (Å²) in [4.78, 5) is 4.30. The SMILES string of the molecule is CCCN=C(/C=C(/CCF)NCCC)CCF. The average molecular weight is 246 g/mol. The number of hydrogen-bond donors (Lipinski definition) is 1. The minimum atomic E-state index is -0.421. The topological polar surface area (TPSA) is 24.4 Å². The van der Waals surface area contributed by atoms with Gasteiger partial charge in [-0.05, 0) is 18.9 Å². The predicted molar refractivity (Wildman–Crippen MR) is 70.2 cm³/mol. The Hall–Kier alpha value is -0.930. The molecule has 0 aliphatic rings. The zero-order valence-corrected chi connectivity index (χ0v) is 10.9. The van der Waals surface area contributed by atoms with Crippen molar-refractivity contribution in [3.63, 3.8) is 0 Å². The van der Waals surface area contributed by atoms with Gasteiger partial charge in [0.15, 0.2) is 0 Å². The zero-order valence-electron chi connectivity index (χ0n) is 10.9. The molecule has 0 fully saturated rings. The van der Waals surface area contributed by atoms with Crippen molar-refractivity contribution in [1.82, 2.24) is 5.32 Å². The van der Waals surface area contributed by atoms with Gasteiger partial charge in [0.25, 0.3) is 0 Å². The van der Waals surface area contributed by atoms with Gasteiger partial charge < -0.3 is 5.32 Å². The van der Waals surface area contributed by atoms with E-state index in [1.807, 2.05) is 13.8 Å². The summed E-state index contributed by atoms with van der Waals surface area (Å²) >= 11 is 0. The van der Waals surface area contributed by atoms with Gasteiger partial charge in [-0.2, -0.15) is 0 Å². The van der Waals surface area contributed by atoms with Crippen LogP contribution in [0.25, 0.3) is 0 Å². The van der Waals surface area contributed by atoms with Gasteiger partial charge in [-0.3, -0.25) is 13.8 Å². The molecule has 17 heavy (non-hydrogen) atoms. The number of nitrogens with zero attached hydrogens (tertiary/aromatic N) is 1. The molecule has 1 N–H and O–H groups in total. The second-order valence-electron chi connectivity index (χ2n) is 3.85. The molecule has 4 heteroatoms. The highest BCUT2D eigenvalue weighted by Gasteiger charge is 2.00. The van der Waals surface area contributed by atoms with Gasteiger partial charge in [-0.25, -0.2) is 0 Å². The average Bonchev–Trinajstić information content (AvgIpc) is 2.33. The van der Waals surface area contributed by atoms with Crippen LogP contribution in [0, 0.1) is 0 Å². The van der Waals surface area contributed by atoms with Crippen LogP contribution in [-0.2, 0) is 0 Å². The third-order valence-corrected chi connectivity index (χ3v) is 2.20. The highest BCUT2D eigenvalue weighted by atomic mass is 19.1. The van der Waals surface area contributed by atoms with E-state index >= 15 is 0 Å². The van der Waals surface area contributed by atoms with Gasteiger partial charge in [0.2, 0.25) is 0 Å². The van der Waals surface area contributed by atoms with Crippen LogP contribution in [-0.4, -0.2) is 32.2 Å². The van der Waals surface area contributed by atoms with Crippen LogP contribution < -0.4 is 5.32 Å². The summed E-state index contributed by atoms with van der Waals surface area (Å²) in [5, 5.41) is 3.15. The lowest BCUT2D eigenvalue weighted by Gasteiger charge is -2.09. The van der Waals surface area contributed by atoms with Gasteiger partial charge in [-0.1, -0.05) is 13.8 Å². The van der Waals surface area contributed by atoms with Gasteiger partial charge in [0.05, 0.1) is 13.3 Å². The van der Waals surface area contributed by atoms with Crippen molar-refractivity contribution < 1.29 is 8.78 Å². The minimum Gasteiger partial charge on any atom is -0.388 e. The van der Waals surface area contributed by atoms with Crippen LogP contribution in [0.4, 0.5) is 8.78 Å². The van der Waals surface area contributed by atoms with Gasteiger partial charge >= 0.3 is 0 Å². The molecule has 0 aliphatic carbocycles. The standard InChI is InChI=1S/C13H24F2N2/c1-3-9-16-12(5-7-14)11-13(6-8-15)17-10-4-2/h11,16H,3-10H2,1-2H3/b12-11-,17-13?. The van der Waals surface area contributed by atoms with Crippen molar-refractivity contribution in [1.29, 1.82) is 0 Å². The Morgan fingerprint density at radius 3 is 2.35 bits per heavy atom. The second kappa shape index (κ2) is 11.6. The Bertz CT molecular complexity index is 238. The minimum absolute atomic E-state index is 0.309. The molecule has 0 aliphatic heterocycles. The fourth-order valence-corrected chi connectivity index (χ4v) is 1.35. The quantitative estimate of drug-likeness (QED) is 0.587. The molecule has 2 nitrogen and oxygen atoms in total. The lowest BCUT2D eigenvalue weighted by atomic mass is 10.2. The molecule has 100 valence electrons. The highest BCUT2D eigenvalue weighted by molar-refractivity contribution is 5.95. The summed E-state index contributed by atoms with van der Waals surface area (Å²) in [5.41, 5.74) is 1.54. The molecule has 0 atom stereocenters. The van der Waals surface area contributed by atoms with Gasteiger partial charge in [0, 0.05) is 37.3 Å². The maximum Gasteiger partial charge on any atom is 0.0949 e. The summed E-state index contributed by atoms with van der Waals surface area (Å²) in [6, 6.07) is 0. The highest BCUT2D eigenvalue weighted by Crippen LogP contribution is 2.02. The van der Waals surface area contributed by atoms with Crippen molar-refractivity contribution in [3.05, 3.63) is 11.8 Å². The molecule has 0 aromatic rings. The summed E-state index contributed by atoms with van der Waals surface area (Å²) in [6.45, 7) is 4.76. The zero-order chi connectivity index (χ0) is 12.9. The third kappa shape index (κ3) is 8.83. The molecule has 0 radical (unpaired) electrons. The second-order valence-corrected chi connectivity index (χ2v) is 3.85. The number of alkyl halides is 2. The molecule has 0 spiro atoms. The first kappa shape index (κ1) is 16.1. The normalized spacial score (nSPS) is 12.9. The van der Waals surface area contributed by atoms with Gasteiger partial charge in [0.1, 0.15) is 0 Å². The Morgan fingerprint density at radius 1 is 1.12 bits per heavy atom. The van der Waals surface area contributed by atoms with Crippen molar-refractivity contribution in [2.45, 2.75) is 39.5 Å². The number of hydrogen-bond acceptors (Lipinski definition) is 2. The van der Waals surface area contributed by atoms with Crippen LogP contribution >= 0.6 is 0 Å². The molecule has 0 heterocycles. The van der Waals surface area contributed by atoms with Crippen molar-refractivity contribution in [2.75, 3.05) is 26.4 Å². The Labute approximate surface area is 103 Å². The van der Waals surface area contributed by atoms with Crippen molar-refractivity contribution >= 4 is 5.71 Å². The van der Waals surface area contributed by atoms with E-state index in [2.05, 4.69) is 10.3 Å². The van der Waals surface area contributed by atoms with Crippen LogP contribution in [0.2, 0.25) is 0 Å². The number of nitrogens with one attached hydrogen (secondary N) is 1. The summed E-state index contributed by atoms with van der Waals surface area (Å²) < 4.78 is 24.7. The smallest absolute Gasteiger partial charge is 0.0949 e. The number of aliphatic imine (C=N–C) groups is 1. The molecule has 0 saturated heterocycles. The fourth-order valence-electron chi connectivity index (χ4n) is 1.35. The van der Waals surface area contributed by atoms with Crippen molar-refractivity contribution in [3.8, 4) is 0 Å². The Morgan fingerprint density at radius 2 is 1.82 bits per heavy atom. The first-order chi connectivity index (χ1) is 8.28. The molecular formula is C13H24F2N2. The Balaban J connectivity index is 4.55. The van der Waals surface area contributed by atoms with Crippen LogP contribution in [0.3, 0.4) is 0 Å². The first-order valence-electron chi connectivity index (χ1n) is 6.38. The molecule has 0 amide bonds. The van der Waals surface area contributed by atoms with E-state index in [9.17, 15) is 8.78 Å². The number of allylic oxidation sites excluding steroid dienone is 2. The van der Waals surface area contributed by atoms with Crippen LogP contribution in [0.5, 0.6) is 0 Å². The molecule has 0 rings (SSSR count). The van der Waals surface area contributed by atoms with E-state index in [-0.39, 0.29) is 0 Å². The monoisotopic (exact) mass is 246 g/mol. The van der Waals surface area contributed by atoms with Gasteiger partial charge in [-0.15, -0.1) is 0 Å². The fraction of sp³-hybridized carbons (Fsp3) is 0.769. The van der Waals surface area contributed by atoms with E-state index in [4.69, 9.17) is 0 Å². The summed E-state index contributed by atoms with van der Waals surface area (Å²) in [6.07, 6.45) is 4.37. The first-order valence-corrected chi connectivity index (χ1v) is 6.38. The number of rotatable bonds is 10. The van der Waals surface area contributed by atoms with Crippen molar-refractivity contribution in [2.24, 2.45) is 4.99 Å². The largest absolute Gasteiger partial charge is 0.388 e. The summed E-state index contributed by atoms with van der Waals surface area (Å²) in [5.74, 6) is 0. The van der Waals surface area contributed by atoms with E-state index in [0.717, 1.165) is 30.8 Å². The summed E-state index contributed by atoms with van der Waals surface area (Å²) in [7, 11) is 0. The maximum absolute atomic E-state index is 12.4. The molecule has 0 bridgehead atoms. The predicted octanol–water partition coefficient (Wildman–Crippen LogP) is 3.44. The van der Waals surface area contributed by atoms with E-state index in [1.165, 1.54) is 0 Å². The van der Waals surface area contributed by atoms with Crippen LogP contribution in [0.1, 0.15) is 39.5 Å². The lowest BCUT2D eigenvalue weighted by Crippen LogP contribution is -2.16. The molecule has 0 aromatic heterocycles. The molecule has 0 saturated carbocycles. The third-order valence-electron chi connectivity index (χ3n) is 2.20. The molecule has 0 unspecified atom stereocenters. The lowest BCUT2D eigenvalue weighted by molar-refractivity contribution is 0.484. The van der Waals surface area contributed by atoms with E-state index in [1.54, 1.807) is 6.08 Å². The van der Waals surface area contributed by atoms with Crippen LogP contribution in [0.15, 0.2) is 16.8 Å². The Kier molecular flexibility index (Phi) is 10.9.